The van der Waals surface area contributed by atoms with Crippen molar-refractivity contribution in [2.45, 2.75) is 45.3 Å². The molecule has 0 spiro atoms. The van der Waals surface area contributed by atoms with E-state index in [0.29, 0.717) is 11.0 Å². The molecule has 0 aliphatic carbocycles. The Morgan fingerprint density at radius 2 is 1.89 bits per heavy atom. The summed E-state index contributed by atoms with van der Waals surface area (Å²) < 4.78 is 6.26. The Balaban J connectivity index is 0. The van der Waals surface area contributed by atoms with E-state index in [1.165, 1.54) is 13.0 Å². The average molecular weight is 302 g/mol. The molecule has 5 heteroatoms. The minimum Gasteiger partial charge on any atom is -1.00 e. The van der Waals surface area contributed by atoms with Gasteiger partial charge in [0.1, 0.15) is 0 Å². The van der Waals surface area contributed by atoms with E-state index in [1.54, 1.807) is 0 Å². The zero-order valence-corrected chi connectivity index (χ0v) is 16.1. The largest absolute Gasteiger partial charge is 2.00 e. The van der Waals surface area contributed by atoms with E-state index in [4.69, 9.17) is 4.43 Å². The van der Waals surface area contributed by atoms with Crippen molar-refractivity contribution in [3.8, 4) is 0 Å². The molecule has 18 heavy (non-hydrogen) atoms. The number of hydrogen-bond acceptors (Lipinski definition) is 2. The van der Waals surface area contributed by atoms with Gasteiger partial charge in [0.2, 0.25) is 0 Å². The minimum atomic E-state index is -1.55. The van der Waals surface area contributed by atoms with Crippen LogP contribution in [0.15, 0.2) is 0 Å². The summed E-state index contributed by atoms with van der Waals surface area (Å²) in [6.07, 6.45) is 3.65. The molecule has 0 aromatic carbocycles. The second kappa shape index (κ2) is 8.47. The standard InChI is InChI=1S/C13H28NOSi.ClH.Mg/c1-13(2,3)16(5,6)15-11-12-8-7-9-14(4)10-12;;/h8,12H,7,9-11H2,1-6H3;1H;/q-1;;+2/p-1. The summed E-state index contributed by atoms with van der Waals surface area (Å²) in [5.74, 6) is 0.632. The first kappa shape index (κ1) is 21.5. The number of halogens is 1. The van der Waals surface area contributed by atoms with Crippen molar-refractivity contribution in [2.24, 2.45) is 5.92 Å². The molecule has 0 saturated carbocycles. The summed E-state index contributed by atoms with van der Waals surface area (Å²) in [4.78, 5) is 2.40. The molecule has 1 heterocycles. The van der Waals surface area contributed by atoms with Crippen LogP contribution in [0.5, 0.6) is 0 Å². The summed E-state index contributed by atoms with van der Waals surface area (Å²) in [5.41, 5.74) is 0. The quantitative estimate of drug-likeness (QED) is 0.528. The summed E-state index contributed by atoms with van der Waals surface area (Å²) in [6, 6.07) is 0. The Morgan fingerprint density at radius 1 is 1.33 bits per heavy atom. The third-order valence-corrected chi connectivity index (χ3v) is 8.52. The maximum atomic E-state index is 6.26. The van der Waals surface area contributed by atoms with Gasteiger partial charge in [-0.1, -0.05) is 20.8 Å². The predicted octanol–water partition coefficient (Wildman–Crippen LogP) is -0.213. The fraction of sp³-hybridized carbons (Fsp3) is 0.923. The monoisotopic (exact) mass is 301 g/mol. The van der Waals surface area contributed by atoms with E-state index in [-0.39, 0.29) is 35.5 Å². The van der Waals surface area contributed by atoms with Crippen LogP contribution >= 0.6 is 0 Å². The second-order valence-corrected chi connectivity index (χ2v) is 11.4. The first-order chi connectivity index (χ1) is 7.22. The van der Waals surface area contributed by atoms with E-state index in [2.05, 4.69) is 52.2 Å². The van der Waals surface area contributed by atoms with Crippen LogP contribution in [0.3, 0.4) is 0 Å². The molecule has 1 saturated heterocycles. The van der Waals surface area contributed by atoms with Crippen molar-refractivity contribution in [2.75, 3.05) is 26.7 Å². The molecule has 1 aliphatic rings. The number of rotatable bonds is 3. The van der Waals surface area contributed by atoms with Crippen LogP contribution in [-0.2, 0) is 4.43 Å². The van der Waals surface area contributed by atoms with E-state index in [1.807, 2.05) is 0 Å². The predicted molar refractivity (Wildman–Crippen MR) is 78.8 cm³/mol. The normalized spacial score (nSPS) is 22.0. The van der Waals surface area contributed by atoms with Crippen LogP contribution in [0, 0.1) is 12.3 Å². The molecule has 1 fully saturated rings. The van der Waals surface area contributed by atoms with Crippen LogP contribution < -0.4 is 12.4 Å². The smallest absolute Gasteiger partial charge is 1.00 e. The van der Waals surface area contributed by atoms with Crippen LogP contribution in [0.1, 0.15) is 27.2 Å². The molecule has 1 rings (SSSR count). The van der Waals surface area contributed by atoms with Gasteiger partial charge in [0, 0.05) is 6.61 Å². The van der Waals surface area contributed by atoms with Gasteiger partial charge >= 0.3 is 23.1 Å². The van der Waals surface area contributed by atoms with Gasteiger partial charge in [-0.25, -0.2) is 0 Å². The number of likely N-dealkylation sites (tertiary alicyclic amines) is 1. The Bertz CT molecular complexity index is 234. The average Bonchev–Trinajstić information content (AvgIpc) is 2.13. The molecule has 1 unspecified atom stereocenters. The number of nitrogens with zero attached hydrogens (tertiary/aromatic N) is 1. The van der Waals surface area contributed by atoms with E-state index < -0.39 is 8.32 Å². The number of hydrogen-bond donors (Lipinski definition) is 0. The van der Waals surface area contributed by atoms with Crippen LogP contribution in [0.25, 0.3) is 0 Å². The van der Waals surface area contributed by atoms with Crippen molar-refractivity contribution in [1.82, 2.24) is 4.90 Å². The topological polar surface area (TPSA) is 12.5 Å². The zero-order chi connectivity index (χ0) is 12.4. The van der Waals surface area contributed by atoms with Gasteiger partial charge in [-0.3, -0.25) is 0 Å². The molecule has 104 valence electrons. The van der Waals surface area contributed by atoms with Crippen LogP contribution in [-0.4, -0.2) is 63.0 Å². The second-order valence-electron chi connectivity index (χ2n) is 6.62. The summed E-state index contributed by atoms with van der Waals surface area (Å²) in [7, 11) is 0.651. The van der Waals surface area contributed by atoms with Gasteiger partial charge in [0.15, 0.2) is 8.32 Å². The van der Waals surface area contributed by atoms with Crippen molar-refractivity contribution < 1.29 is 16.8 Å². The third-order valence-electron chi connectivity index (χ3n) is 4.02. The maximum Gasteiger partial charge on any atom is 2.00 e. The Morgan fingerprint density at radius 3 is 2.33 bits per heavy atom. The summed E-state index contributed by atoms with van der Waals surface area (Å²) in [5, 5.41) is 0.327. The van der Waals surface area contributed by atoms with E-state index in [0.717, 1.165) is 13.2 Å². The molecule has 0 aromatic heterocycles. The maximum absolute atomic E-state index is 6.26. The number of piperidine rings is 1. The summed E-state index contributed by atoms with van der Waals surface area (Å²) >= 11 is 0. The minimum absolute atomic E-state index is 0. The van der Waals surface area contributed by atoms with Gasteiger partial charge in [0.25, 0.3) is 0 Å². The van der Waals surface area contributed by atoms with Gasteiger partial charge in [-0.15, -0.1) is 5.92 Å². The van der Waals surface area contributed by atoms with Crippen molar-refractivity contribution in [3.05, 3.63) is 6.42 Å². The SMILES string of the molecule is CN1CC[CH-]C(CO[Si](C)(C)C(C)(C)C)C1.[Cl-].[Mg+2]. The Hall–Kier alpha value is 1.19. The first-order valence-electron chi connectivity index (χ1n) is 6.38. The van der Waals surface area contributed by atoms with Gasteiger partial charge in [-0.05, 0) is 38.3 Å². The van der Waals surface area contributed by atoms with Gasteiger partial charge in [-0.2, -0.15) is 6.42 Å². The fourth-order valence-electron chi connectivity index (χ4n) is 1.75. The molecule has 1 atom stereocenters. The molecular weight excluding hydrogens is 274 g/mol. The first-order valence-corrected chi connectivity index (χ1v) is 9.29. The van der Waals surface area contributed by atoms with Crippen molar-refractivity contribution in [3.63, 3.8) is 0 Å². The van der Waals surface area contributed by atoms with Gasteiger partial charge < -0.3 is 28.2 Å². The summed E-state index contributed by atoms with van der Waals surface area (Å²) in [6.45, 7) is 14.9. The van der Waals surface area contributed by atoms with E-state index >= 15 is 0 Å². The van der Waals surface area contributed by atoms with Crippen LogP contribution in [0.4, 0.5) is 0 Å². The molecule has 0 bridgehead atoms. The Labute approximate surface area is 137 Å². The molecule has 2 nitrogen and oxygen atoms in total. The molecule has 0 radical (unpaired) electrons. The Kier molecular flexibility index (Phi) is 10.1. The van der Waals surface area contributed by atoms with Crippen LogP contribution in [0.2, 0.25) is 18.1 Å². The van der Waals surface area contributed by atoms with Crippen molar-refractivity contribution >= 4 is 31.4 Å². The molecule has 0 aromatic rings. The van der Waals surface area contributed by atoms with Gasteiger partial charge in [0.05, 0.1) is 0 Å². The molecule has 0 amide bonds. The molecule has 1 aliphatic heterocycles. The van der Waals surface area contributed by atoms with E-state index in [9.17, 15) is 0 Å². The zero-order valence-electron chi connectivity index (χ0n) is 12.9. The van der Waals surface area contributed by atoms with Crippen molar-refractivity contribution in [1.29, 1.82) is 0 Å². The molecular formula is C13H28ClMgNOSi. The fourth-order valence-corrected chi connectivity index (χ4v) is 2.81. The molecule has 0 N–H and O–H groups in total. The third kappa shape index (κ3) is 6.57.